The van der Waals surface area contributed by atoms with Crippen LogP contribution >= 0.6 is 11.8 Å². The second-order valence-electron chi connectivity index (χ2n) is 5.74. The fourth-order valence-corrected chi connectivity index (χ4v) is 3.24. The molecular weight excluding hydrogens is 350 g/mol. The highest BCUT2D eigenvalue weighted by atomic mass is 32.2. The minimum Gasteiger partial charge on any atom is -0.347 e. The molecule has 0 unspecified atom stereocenters. The lowest BCUT2D eigenvalue weighted by molar-refractivity contribution is -0.119. The van der Waals surface area contributed by atoms with Gasteiger partial charge in [0.25, 0.3) is 5.56 Å². The van der Waals surface area contributed by atoms with Crippen LogP contribution in [0.4, 0.5) is 0 Å². The van der Waals surface area contributed by atoms with Crippen LogP contribution in [-0.2, 0) is 11.3 Å². The number of aromatic amines is 1. The third-order valence-corrected chi connectivity index (χ3v) is 4.53. The molecule has 8 heteroatoms. The minimum absolute atomic E-state index is 0.139. The van der Waals surface area contributed by atoms with Crippen molar-refractivity contribution in [1.29, 1.82) is 0 Å². The molecule has 0 saturated heterocycles. The first-order valence-corrected chi connectivity index (χ1v) is 9.11. The van der Waals surface area contributed by atoms with Gasteiger partial charge in [-0.05, 0) is 18.6 Å². The molecule has 134 valence electrons. The zero-order valence-corrected chi connectivity index (χ0v) is 15.1. The van der Waals surface area contributed by atoms with Gasteiger partial charge in [0.05, 0.1) is 18.3 Å². The van der Waals surface area contributed by atoms with Gasteiger partial charge in [-0.15, -0.1) is 0 Å². The van der Waals surface area contributed by atoms with E-state index < -0.39 is 0 Å². The molecule has 2 heterocycles. The Labute approximate surface area is 154 Å². The summed E-state index contributed by atoms with van der Waals surface area (Å²) in [7, 11) is 0. The number of carbonyl (C=O) groups is 1. The Morgan fingerprint density at radius 1 is 1.31 bits per heavy atom. The molecule has 2 N–H and O–H groups in total. The van der Waals surface area contributed by atoms with E-state index in [4.69, 9.17) is 0 Å². The largest absolute Gasteiger partial charge is 0.347 e. The molecule has 0 radical (unpaired) electrons. The first-order valence-electron chi connectivity index (χ1n) is 8.12. The van der Waals surface area contributed by atoms with E-state index in [1.807, 2.05) is 42.6 Å². The third-order valence-electron chi connectivity index (χ3n) is 3.65. The summed E-state index contributed by atoms with van der Waals surface area (Å²) < 4.78 is 1.78. The van der Waals surface area contributed by atoms with Crippen molar-refractivity contribution >= 4 is 17.7 Å². The van der Waals surface area contributed by atoms with Crippen LogP contribution < -0.4 is 10.9 Å². The number of thioether (sulfide) groups is 1. The number of nitrogens with zero attached hydrogens (tertiary/aromatic N) is 3. The molecular formula is C18H19N5O2S. The molecule has 0 aliphatic heterocycles. The fourth-order valence-electron chi connectivity index (χ4n) is 2.51. The SMILES string of the molecule is Cc1cc(=O)[nH]c(SCC(=O)N[C@@H](Cn2cccn2)c2ccccc2)n1. The van der Waals surface area contributed by atoms with Crippen molar-refractivity contribution in [1.82, 2.24) is 25.1 Å². The van der Waals surface area contributed by atoms with E-state index in [-0.39, 0.29) is 23.3 Å². The maximum absolute atomic E-state index is 12.4. The van der Waals surface area contributed by atoms with Crippen molar-refractivity contribution in [2.45, 2.75) is 24.7 Å². The van der Waals surface area contributed by atoms with Crippen LogP contribution in [0.5, 0.6) is 0 Å². The van der Waals surface area contributed by atoms with Gasteiger partial charge in [-0.2, -0.15) is 5.10 Å². The summed E-state index contributed by atoms with van der Waals surface area (Å²) in [5.74, 6) is 0.0228. The number of H-pyrrole nitrogens is 1. The second kappa shape index (κ2) is 8.48. The van der Waals surface area contributed by atoms with E-state index in [1.165, 1.54) is 17.8 Å². The Bertz CT molecular complexity index is 909. The Hall–Kier alpha value is -2.87. The number of nitrogens with one attached hydrogen (secondary N) is 2. The van der Waals surface area contributed by atoms with E-state index in [9.17, 15) is 9.59 Å². The van der Waals surface area contributed by atoms with Gasteiger partial charge in [-0.25, -0.2) is 4.98 Å². The number of carbonyl (C=O) groups excluding carboxylic acids is 1. The Kier molecular flexibility index (Phi) is 5.85. The zero-order chi connectivity index (χ0) is 18.4. The predicted molar refractivity (Wildman–Crippen MR) is 99.9 cm³/mol. The van der Waals surface area contributed by atoms with Crippen LogP contribution in [0.15, 0.2) is 64.8 Å². The maximum Gasteiger partial charge on any atom is 0.251 e. The average molecular weight is 369 g/mol. The average Bonchev–Trinajstić information content (AvgIpc) is 3.12. The summed E-state index contributed by atoms with van der Waals surface area (Å²) in [5, 5.41) is 7.68. The van der Waals surface area contributed by atoms with Gasteiger partial charge in [0, 0.05) is 24.2 Å². The van der Waals surface area contributed by atoms with Gasteiger partial charge in [-0.3, -0.25) is 14.3 Å². The number of aryl methyl sites for hydroxylation is 1. The number of amides is 1. The van der Waals surface area contributed by atoms with Crippen molar-refractivity contribution in [3.05, 3.63) is 76.5 Å². The van der Waals surface area contributed by atoms with Crippen molar-refractivity contribution in [3.8, 4) is 0 Å². The quantitative estimate of drug-likeness (QED) is 0.490. The summed E-state index contributed by atoms with van der Waals surface area (Å²) in [6, 6.07) is 12.8. The Morgan fingerprint density at radius 2 is 2.12 bits per heavy atom. The van der Waals surface area contributed by atoms with Crippen LogP contribution in [0.3, 0.4) is 0 Å². The topological polar surface area (TPSA) is 92.7 Å². The molecule has 0 aliphatic rings. The fraction of sp³-hybridized carbons (Fsp3) is 0.222. The molecule has 0 bridgehead atoms. The lowest BCUT2D eigenvalue weighted by Gasteiger charge is -2.19. The molecule has 3 aromatic rings. The van der Waals surface area contributed by atoms with Gasteiger partial charge < -0.3 is 10.3 Å². The lowest BCUT2D eigenvalue weighted by Crippen LogP contribution is -2.33. The first kappa shape index (κ1) is 17.9. The summed E-state index contributed by atoms with van der Waals surface area (Å²) in [6.45, 7) is 2.28. The monoisotopic (exact) mass is 369 g/mol. The molecule has 0 spiro atoms. The summed E-state index contributed by atoms with van der Waals surface area (Å²) >= 11 is 1.20. The molecule has 26 heavy (non-hydrogen) atoms. The number of benzene rings is 1. The van der Waals surface area contributed by atoms with Crippen LogP contribution in [0.25, 0.3) is 0 Å². The summed E-state index contributed by atoms with van der Waals surface area (Å²) in [4.78, 5) is 30.7. The first-order chi connectivity index (χ1) is 12.6. The van der Waals surface area contributed by atoms with Crippen LogP contribution in [0.1, 0.15) is 17.3 Å². The Balaban J connectivity index is 1.65. The standard InChI is InChI=1S/C18H19N5O2S/c1-13-10-16(24)22-18(20-13)26-12-17(25)21-15(11-23-9-5-8-19-23)14-6-3-2-4-7-14/h2-10,15H,11-12H2,1H3,(H,21,25)(H,20,22,24)/t15-/m0/s1. The smallest absolute Gasteiger partial charge is 0.251 e. The normalized spacial score (nSPS) is 11.9. The molecule has 0 aliphatic carbocycles. The van der Waals surface area contributed by atoms with Crippen molar-refractivity contribution in [2.75, 3.05) is 5.75 Å². The molecule has 0 saturated carbocycles. The molecule has 1 aromatic carbocycles. The minimum atomic E-state index is -0.221. The van der Waals surface area contributed by atoms with E-state index in [0.29, 0.717) is 17.4 Å². The van der Waals surface area contributed by atoms with Gasteiger partial charge in [0.2, 0.25) is 5.91 Å². The molecule has 0 fully saturated rings. The lowest BCUT2D eigenvalue weighted by atomic mass is 10.1. The van der Waals surface area contributed by atoms with Gasteiger partial charge in [0.1, 0.15) is 0 Å². The molecule has 2 aromatic heterocycles. The third kappa shape index (κ3) is 5.06. The van der Waals surface area contributed by atoms with Gasteiger partial charge in [-0.1, -0.05) is 42.1 Å². The van der Waals surface area contributed by atoms with Crippen molar-refractivity contribution < 1.29 is 4.79 Å². The maximum atomic E-state index is 12.4. The highest BCUT2D eigenvalue weighted by Crippen LogP contribution is 2.16. The zero-order valence-electron chi connectivity index (χ0n) is 14.3. The van der Waals surface area contributed by atoms with Gasteiger partial charge in [0.15, 0.2) is 5.16 Å². The van der Waals surface area contributed by atoms with E-state index in [2.05, 4.69) is 20.4 Å². The number of hydrogen-bond acceptors (Lipinski definition) is 5. The number of rotatable bonds is 7. The van der Waals surface area contributed by atoms with Crippen molar-refractivity contribution in [2.24, 2.45) is 0 Å². The van der Waals surface area contributed by atoms with Gasteiger partial charge >= 0.3 is 0 Å². The molecule has 7 nitrogen and oxygen atoms in total. The van der Waals surface area contributed by atoms with Crippen molar-refractivity contribution in [3.63, 3.8) is 0 Å². The van der Waals surface area contributed by atoms with Crippen LogP contribution in [0.2, 0.25) is 0 Å². The predicted octanol–water partition coefficient (Wildman–Crippen LogP) is 1.92. The highest BCUT2D eigenvalue weighted by Gasteiger charge is 2.16. The van der Waals surface area contributed by atoms with E-state index in [1.54, 1.807) is 17.8 Å². The summed E-state index contributed by atoms with van der Waals surface area (Å²) in [6.07, 6.45) is 3.57. The van der Waals surface area contributed by atoms with Crippen LogP contribution in [-0.4, -0.2) is 31.4 Å². The Morgan fingerprint density at radius 3 is 2.81 bits per heavy atom. The molecule has 1 amide bonds. The van der Waals surface area contributed by atoms with Crippen LogP contribution in [0, 0.1) is 6.92 Å². The highest BCUT2D eigenvalue weighted by molar-refractivity contribution is 7.99. The van der Waals surface area contributed by atoms with E-state index in [0.717, 1.165) is 5.56 Å². The van der Waals surface area contributed by atoms with E-state index >= 15 is 0 Å². The second-order valence-corrected chi connectivity index (χ2v) is 6.70. The number of hydrogen-bond donors (Lipinski definition) is 2. The summed E-state index contributed by atoms with van der Waals surface area (Å²) in [5.41, 5.74) is 1.40. The molecule has 1 atom stereocenters. The number of aromatic nitrogens is 4. The molecule has 3 rings (SSSR count).